The van der Waals surface area contributed by atoms with E-state index in [2.05, 4.69) is 27.1 Å². The molecule has 0 fully saturated rings. The molecular weight excluding hydrogens is 320 g/mol. The van der Waals surface area contributed by atoms with Gasteiger partial charge in [-0.1, -0.05) is 6.07 Å². The quantitative estimate of drug-likeness (QED) is 0.585. The Kier molecular flexibility index (Phi) is 9.65. The highest BCUT2D eigenvalue weighted by Gasteiger charge is 1.96. The van der Waals surface area contributed by atoms with E-state index in [0.29, 0.717) is 6.42 Å². The standard InChI is InChI=1S/C10H17NO3S2.C5H5N/c12-16(13,14)8-2-1-5-11-6-3-10-4-7-15-9-10;1-2-4-6-5-3-1/h4,7,9,11H,1-3,5-6,8H2,(H,12,13,14);1-5H. The van der Waals surface area contributed by atoms with Crippen LogP contribution in [0.2, 0.25) is 0 Å². The van der Waals surface area contributed by atoms with Gasteiger partial charge in [-0.2, -0.15) is 11.3 Å². The van der Waals surface area contributed by atoms with Crippen molar-refractivity contribution in [2.24, 2.45) is 0 Å². The number of nitrogens with one attached hydrogen (secondary N) is 2. The zero-order valence-electron chi connectivity index (χ0n) is 12.4. The van der Waals surface area contributed by atoms with Gasteiger partial charge in [0, 0.05) is 17.9 Å². The minimum absolute atomic E-state index is 0.251. The van der Waals surface area contributed by atoms with Crippen LogP contribution in [0.5, 0.6) is 0 Å². The smallest absolute Gasteiger partial charge is 0.166 e. The largest absolute Gasteiger partial charge is 0.748 e. The van der Waals surface area contributed by atoms with Gasteiger partial charge >= 0.3 is 0 Å². The van der Waals surface area contributed by atoms with Crippen molar-refractivity contribution in [1.29, 1.82) is 0 Å². The summed E-state index contributed by atoms with van der Waals surface area (Å²) in [6, 6.07) is 7.95. The van der Waals surface area contributed by atoms with E-state index in [1.807, 2.05) is 30.6 Å². The molecule has 2 aromatic rings. The molecule has 0 saturated heterocycles. The van der Waals surface area contributed by atoms with Crippen LogP contribution in [0.1, 0.15) is 18.4 Å². The fraction of sp³-hybridized carbons (Fsp3) is 0.400. The lowest BCUT2D eigenvalue weighted by atomic mass is 10.2. The number of aromatic amines is 1. The van der Waals surface area contributed by atoms with Crippen LogP contribution < -0.4 is 10.3 Å². The van der Waals surface area contributed by atoms with Crippen molar-refractivity contribution in [1.82, 2.24) is 5.32 Å². The third-order valence-corrected chi connectivity index (χ3v) is 4.30. The van der Waals surface area contributed by atoms with Gasteiger partial charge in [-0.25, -0.2) is 13.4 Å². The maximum Gasteiger partial charge on any atom is 0.166 e. The zero-order chi connectivity index (χ0) is 16.1. The maximum absolute atomic E-state index is 10.3. The first kappa shape index (κ1) is 18.8. The number of pyridine rings is 1. The summed E-state index contributed by atoms with van der Waals surface area (Å²) in [5.74, 6) is -0.251. The second kappa shape index (κ2) is 11.3. The summed E-state index contributed by atoms with van der Waals surface area (Å²) >= 11 is 1.69. The lowest BCUT2D eigenvalue weighted by molar-refractivity contribution is -0.377. The van der Waals surface area contributed by atoms with Crippen molar-refractivity contribution in [2.75, 3.05) is 18.8 Å². The Bertz CT molecular complexity index is 545. The van der Waals surface area contributed by atoms with Crippen LogP contribution in [-0.4, -0.2) is 31.8 Å². The molecule has 7 heteroatoms. The molecule has 5 nitrogen and oxygen atoms in total. The van der Waals surface area contributed by atoms with Crippen LogP contribution >= 0.6 is 11.3 Å². The predicted octanol–water partition coefficient (Wildman–Crippen LogP) is 1.71. The summed E-state index contributed by atoms with van der Waals surface area (Å²) in [6.45, 7) is 1.65. The number of thiophene rings is 1. The molecule has 0 atom stereocenters. The monoisotopic (exact) mass is 342 g/mol. The van der Waals surface area contributed by atoms with Crippen molar-refractivity contribution in [2.45, 2.75) is 19.3 Å². The van der Waals surface area contributed by atoms with E-state index >= 15 is 0 Å². The van der Waals surface area contributed by atoms with E-state index in [9.17, 15) is 13.0 Å². The Morgan fingerprint density at radius 3 is 2.41 bits per heavy atom. The molecule has 0 radical (unpaired) electrons. The molecule has 2 heterocycles. The highest BCUT2D eigenvalue weighted by molar-refractivity contribution is 7.85. The first-order chi connectivity index (χ1) is 10.6. The number of hydrogen-bond donors (Lipinski definition) is 1. The molecule has 0 unspecified atom stereocenters. The van der Waals surface area contributed by atoms with E-state index in [1.54, 1.807) is 11.3 Å². The van der Waals surface area contributed by atoms with Crippen LogP contribution in [-0.2, 0) is 16.5 Å². The van der Waals surface area contributed by atoms with Crippen molar-refractivity contribution >= 4 is 21.5 Å². The second-order valence-corrected chi connectivity index (χ2v) is 6.98. The second-order valence-electron chi connectivity index (χ2n) is 4.68. The Morgan fingerprint density at radius 1 is 1.14 bits per heavy atom. The molecule has 22 heavy (non-hydrogen) atoms. The molecule has 2 N–H and O–H groups in total. The van der Waals surface area contributed by atoms with E-state index in [4.69, 9.17) is 0 Å². The van der Waals surface area contributed by atoms with Crippen molar-refractivity contribution < 1.29 is 18.0 Å². The summed E-state index contributed by atoms with van der Waals surface area (Å²) in [6.07, 6.45) is 5.91. The minimum atomic E-state index is -4.03. The molecule has 0 amide bonds. The van der Waals surface area contributed by atoms with Gasteiger partial charge in [-0.3, -0.25) is 0 Å². The molecule has 0 aliphatic heterocycles. The summed E-state index contributed by atoms with van der Waals surface area (Å²) in [5, 5.41) is 7.38. The first-order valence-corrected chi connectivity index (χ1v) is 9.66. The van der Waals surface area contributed by atoms with Crippen molar-refractivity contribution in [3.63, 3.8) is 0 Å². The molecule has 0 spiro atoms. The van der Waals surface area contributed by atoms with E-state index in [1.165, 1.54) is 5.56 Å². The van der Waals surface area contributed by atoms with Crippen LogP contribution in [0, 0.1) is 0 Å². The topological polar surface area (TPSA) is 83.4 Å². The Balaban J connectivity index is 0.000000335. The molecular formula is C15H22N2O3S2. The molecule has 2 rings (SSSR count). The fourth-order valence-corrected chi connectivity index (χ4v) is 2.92. The number of aromatic nitrogens is 1. The third-order valence-electron chi connectivity index (χ3n) is 2.78. The zero-order valence-corrected chi connectivity index (χ0v) is 14.0. The number of rotatable bonds is 8. The van der Waals surface area contributed by atoms with Gasteiger partial charge in [0.2, 0.25) is 0 Å². The summed E-state index contributed by atoms with van der Waals surface area (Å²) in [5.41, 5.74) is 1.32. The Hall–Kier alpha value is -1.28. The third kappa shape index (κ3) is 11.4. The highest BCUT2D eigenvalue weighted by atomic mass is 32.2. The van der Waals surface area contributed by atoms with Crippen LogP contribution in [0.4, 0.5) is 0 Å². The average Bonchev–Trinajstić information content (AvgIpc) is 3.01. The van der Waals surface area contributed by atoms with Gasteiger partial charge in [0.25, 0.3) is 0 Å². The minimum Gasteiger partial charge on any atom is -0.748 e. The van der Waals surface area contributed by atoms with Crippen molar-refractivity contribution in [3.8, 4) is 0 Å². The normalized spacial score (nSPS) is 10.8. The molecule has 122 valence electrons. The van der Waals surface area contributed by atoms with Crippen molar-refractivity contribution in [3.05, 3.63) is 53.0 Å². The SMILES string of the molecule is O=S(=O)([O-])CCCCNCCc1ccsc1.c1cc[nH+]cc1. The first-order valence-electron chi connectivity index (χ1n) is 7.14. The number of hydrogen-bond acceptors (Lipinski definition) is 5. The average molecular weight is 342 g/mol. The molecule has 0 aliphatic carbocycles. The molecule has 0 aliphatic rings. The van der Waals surface area contributed by atoms with Crippen LogP contribution in [0.15, 0.2) is 47.4 Å². The van der Waals surface area contributed by atoms with Gasteiger partial charge < -0.3 is 9.87 Å². The fourth-order valence-electron chi connectivity index (χ4n) is 1.66. The summed E-state index contributed by atoms with van der Waals surface area (Å²) < 4.78 is 30.9. The Morgan fingerprint density at radius 2 is 1.91 bits per heavy atom. The van der Waals surface area contributed by atoms with Gasteiger partial charge in [0.1, 0.15) is 0 Å². The molecule has 0 aromatic carbocycles. The summed E-state index contributed by atoms with van der Waals surface area (Å²) in [7, 11) is -4.03. The van der Waals surface area contributed by atoms with Gasteiger partial charge in [0.15, 0.2) is 12.4 Å². The van der Waals surface area contributed by atoms with Gasteiger partial charge in [-0.15, -0.1) is 0 Å². The summed E-state index contributed by atoms with van der Waals surface area (Å²) in [4.78, 5) is 2.89. The molecule has 0 bridgehead atoms. The predicted molar refractivity (Wildman–Crippen MR) is 87.7 cm³/mol. The molecule has 0 saturated carbocycles. The lowest BCUT2D eigenvalue weighted by Crippen LogP contribution is -2.19. The van der Waals surface area contributed by atoms with E-state index in [-0.39, 0.29) is 5.75 Å². The van der Waals surface area contributed by atoms with Gasteiger partial charge in [-0.05, 0) is 54.7 Å². The van der Waals surface area contributed by atoms with Crippen LogP contribution in [0.3, 0.4) is 0 Å². The Labute approximate surface area is 136 Å². The number of H-pyrrole nitrogens is 1. The highest BCUT2D eigenvalue weighted by Crippen LogP contribution is 2.05. The molecule has 2 aromatic heterocycles. The number of unbranched alkanes of at least 4 members (excludes halogenated alkanes) is 1. The van der Waals surface area contributed by atoms with Crippen LogP contribution in [0.25, 0.3) is 0 Å². The van der Waals surface area contributed by atoms with E-state index < -0.39 is 10.1 Å². The van der Waals surface area contributed by atoms with Gasteiger partial charge in [0.05, 0.1) is 10.1 Å². The lowest BCUT2D eigenvalue weighted by Gasteiger charge is -2.06. The maximum atomic E-state index is 10.3. The van der Waals surface area contributed by atoms with E-state index in [0.717, 1.165) is 25.9 Å².